The summed E-state index contributed by atoms with van der Waals surface area (Å²) in [6.45, 7) is 7.37. The van der Waals surface area contributed by atoms with Crippen molar-refractivity contribution in [1.29, 1.82) is 0 Å². The molecule has 0 aliphatic heterocycles. The van der Waals surface area contributed by atoms with Gasteiger partial charge in [0.15, 0.2) is 13.1 Å². The van der Waals surface area contributed by atoms with Crippen LogP contribution < -0.4 is 15.5 Å². The van der Waals surface area contributed by atoms with Gasteiger partial charge >= 0.3 is 0 Å². The number of rotatable bonds is 9. The number of para-hydroxylation sites is 1. The molecule has 0 saturated heterocycles. The predicted molar refractivity (Wildman–Crippen MR) is 112 cm³/mol. The molecular weight excluding hydrogens is 354 g/mol. The maximum absolute atomic E-state index is 12.5. The fraction of sp³-hybridized carbons (Fsp3) is 0.364. The largest absolute Gasteiger partial charge is 0.379 e. The average molecular weight is 385 g/mol. The van der Waals surface area contributed by atoms with Crippen molar-refractivity contribution in [2.45, 2.75) is 20.8 Å². The van der Waals surface area contributed by atoms with E-state index < -0.39 is 0 Å². The number of carbonyl (C=O) groups excluding carboxylic acids is 2. The summed E-state index contributed by atoms with van der Waals surface area (Å²) < 4.78 is 5.14. The van der Waals surface area contributed by atoms with Gasteiger partial charge in [0.1, 0.15) is 6.54 Å². The average Bonchev–Trinajstić information content (AvgIpc) is 2.65. The van der Waals surface area contributed by atoms with Crippen LogP contribution in [0.1, 0.15) is 16.7 Å². The molecule has 150 valence electrons. The molecule has 0 aromatic heterocycles. The van der Waals surface area contributed by atoms with Crippen molar-refractivity contribution in [3.63, 3.8) is 0 Å². The lowest BCUT2D eigenvalue weighted by molar-refractivity contribution is -0.883. The van der Waals surface area contributed by atoms with Gasteiger partial charge in [-0.15, -0.1) is 0 Å². The highest BCUT2D eigenvalue weighted by Gasteiger charge is 2.19. The number of aryl methyl sites for hydroxylation is 2. The maximum Gasteiger partial charge on any atom is 0.279 e. The molecule has 0 radical (unpaired) electrons. The van der Waals surface area contributed by atoms with Gasteiger partial charge in [-0.1, -0.05) is 30.3 Å². The molecule has 2 aromatic rings. The van der Waals surface area contributed by atoms with Crippen molar-refractivity contribution in [3.05, 3.63) is 59.2 Å². The topological polar surface area (TPSA) is 71.9 Å². The first-order valence-corrected chi connectivity index (χ1v) is 9.44. The van der Waals surface area contributed by atoms with E-state index in [1.165, 1.54) is 0 Å². The van der Waals surface area contributed by atoms with Crippen LogP contribution in [0.4, 0.5) is 11.4 Å². The lowest BCUT2D eigenvalue weighted by atomic mass is 10.1. The Morgan fingerprint density at radius 1 is 0.857 bits per heavy atom. The fourth-order valence-corrected chi connectivity index (χ4v) is 2.93. The molecule has 28 heavy (non-hydrogen) atoms. The zero-order valence-corrected chi connectivity index (χ0v) is 17.1. The van der Waals surface area contributed by atoms with Gasteiger partial charge in [0.2, 0.25) is 0 Å². The van der Waals surface area contributed by atoms with Crippen LogP contribution >= 0.6 is 0 Å². The molecule has 6 nitrogen and oxygen atoms in total. The standard InChI is InChI=1S/C22H29N3O3/c1-16-9-7-11-20(18(16)3)24-22(27)15-25(12-13-28-4)14-21(26)23-19-10-6-5-8-17(19)2/h5-11H,12-15H2,1-4H3,(H,23,26)(H,24,27)/p+1. The summed E-state index contributed by atoms with van der Waals surface area (Å²) in [5.74, 6) is -0.247. The van der Waals surface area contributed by atoms with Crippen molar-refractivity contribution in [2.75, 3.05) is 44.0 Å². The molecule has 0 aliphatic rings. The lowest BCUT2D eigenvalue weighted by Gasteiger charge is -2.19. The van der Waals surface area contributed by atoms with E-state index in [1.54, 1.807) is 7.11 Å². The van der Waals surface area contributed by atoms with Crippen molar-refractivity contribution >= 4 is 23.2 Å². The van der Waals surface area contributed by atoms with Crippen LogP contribution in [-0.2, 0) is 14.3 Å². The summed E-state index contributed by atoms with van der Waals surface area (Å²) in [5, 5.41) is 5.88. The summed E-state index contributed by atoms with van der Waals surface area (Å²) in [4.78, 5) is 25.9. The molecule has 0 fully saturated rings. The van der Waals surface area contributed by atoms with E-state index in [0.29, 0.717) is 13.2 Å². The van der Waals surface area contributed by atoms with E-state index >= 15 is 0 Å². The number of amides is 2. The van der Waals surface area contributed by atoms with Crippen LogP contribution in [0.5, 0.6) is 0 Å². The third-order valence-corrected chi connectivity index (χ3v) is 4.78. The Labute approximate surface area is 166 Å². The number of benzene rings is 2. The molecule has 1 atom stereocenters. The van der Waals surface area contributed by atoms with Gasteiger partial charge < -0.3 is 20.3 Å². The number of methoxy groups -OCH3 is 1. The summed E-state index contributed by atoms with van der Waals surface area (Å²) in [7, 11) is 1.61. The summed E-state index contributed by atoms with van der Waals surface area (Å²) in [6.07, 6.45) is 0. The Balaban J connectivity index is 1.98. The number of nitrogens with one attached hydrogen (secondary N) is 3. The van der Waals surface area contributed by atoms with Gasteiger partial charge in [-0.3, -0.25) is 9.59 Å². The van der Waals surface area contributed by atoms with Crippen molar-refractivity contribution < 1.29 is 19.2 Å². The van der Waals surface area contributed by atoms with E-state index in [4.69, 9.17) is 4.74 Å². The quantitative estimate of drug-likeness (QED) is 0.616. The highest BCUT2D eigenvalue weighted by atomic mass is 16.5. The van der Waals surface area contributed by atoms with Gasteiger partial charge in [-0.05, 0) is 49.6 Å². The van der Waals surface area contributed by atoms with Crippen molar-refractivity contribution in [3.8, 4) is 0 Å². The molecule has 2 amide bonds. The number of anilines is 2. The van der Waals surface area contributed by atoms with Crippen LogP contribution in [0.2, 0.25) is 0 Å². The molecule has 3 N–H and O–H groups in total. The number of ether oxygens (including phenoxy) is 1. The normalized spacial score (nSPS) is 11.7. The predicted octanol–water partition coefficient (Wildman–Crippen LogP) is 1.72. The number of carbonyl (C=O) groups is 2. The number of hydrogen-bond acceptors (Lipinski definition) is 3. The highest BCUT2D eigenvalue weighted by Crippen LogP contribution is 2.17. The Morgan fingerprint density at radius 2 is 1.43 bits per heavy atom. The maximum atomic E-state index is 12.5. The van der Waals surface area contributed by atoms with E-state index in [-0.39, 0.29) is 24.9 Å². The van der Waals surface area contributed by atoms with Crippen LogP contribution in [0.25, 0.3) is 0 Å². The highest BCUT2D eigenvalue weighted by molar-refractivity contribution is 5.94. The monoisotopic (exact) mass is 384 g/mol. The first-order valence-electron chi connectivity index (χ1n) is 9.44. The second-order valence-electron chi connectivity index (χ2n) is 7.01. The summed E-state index contributed by atoms with van der Waals surface area (Å²) in [6, 6.07) is 13.5. The smallest absolute Gasteiger partial charge is 0.279 e. The molecular formula is C22H30N3O3+. The lowest BCUT2D eigenvalue weighted by Crippen LogP contribution is -3.14. The third kappa shape index (κ3) is 6.48. The molecule has 1 unspecified atom stereocenters. The first-order chi connectivity index (χ1) is 13.4. The van der Waals surface area contributed by atoms with E-state index in [1.807, 2.05) is 63.2 Å². The SMILES string of the molecule is COCC[NH+](CC(=O)Nc1ccccc1C)CC(=O)Nc1cccc(C)c1C. The molecule has 6 heteroatoms. The summed E-state index contributed by atoms with van der Waals surface area (Å²) >= 11 is 0. The van der Waals surface area contributed by atoms with Crippen molar-refractivity contribution in [1.82, 2.24) is 0 Å². The second kappa shape index (κ2) is 10.6. The van der Waals surface area contributed by atoms with Crippen molar-refractivity contribution in [2.24, 2.45) is 0 Å². The minimum Gasteiger partial charge on any atom is -0.379 e. The van der Waals surface area contributed by atoms with E-state index in [2.05, 4.69) is 10.6 Å². The van der Waals surface area contributed by atoms with Crippen LogP contribution in [0.15, 0.2) is 42.5 Å². The molecule has 0 saturated carbocycles. The minimum atomic E-state index is -0.125. The Morgan fingerprint density at radius 3 is 2.07 bits per heavy atom. The molecule has 0 bridgehead atoms. The molecule has 0 spiro atoms. The number of quaternary nitrogens is 1. The van der Waals surface area contributed by atoms with Gasteiger partial charge in [-0.25, -0.2) is 0 Å². The molecule has 2 aromatic carbocycles. The van der Waals surface area contributed by atoms with Crippen LogP contribution in [0, 0.1) is 20.8 Å². The van der Waals surface area contributed by atoms with E-state index in [9.17, 15) is 9.59 Å². The fourth-order valence-electron chi connectivity index (χ4n) is 2.93. The Bertz CT molecular complexity index is 820. The Kier molecular flexibility index (Phi) is 8.17. The van der Waals surface area contributed by atoms with Gasteiger partial charge in [0.05, 0.1) is 6.61 Å². The number of hydrogen-bond donors (Lipinski definition) is 3. The van der Waals surface area contributed by atoms with Gasteiger partial charge in [-0.2, -0.15) is 0 Å². The zero-order chi connectivity index (χ0) is 20.5. The molecule has 0 heterocycles. The minimum absolute atomic E-state index is 0.122. The third-order valence-electron chi connectivity index (χ3n) is 4.78. The Hall–Kier alpha value is -2.70. The molecule has 0 aliphatic carbocycles. The molecule has 2 rings (SSSR count). The first kappa shape index (κ1) is 21.6. The van der Waals surface area contributed by atoms with Gasteiger partial charge in [0.25, 0.3) is 11.8 Å². The summed E-state index contributed by atoms with van der Waals surface area (Å²) in [5.41, 5.74) is 4.77. The van der Waals surface area contributed by atoms with E-state index in [0.717, 1.165) is 33.0 Å². The van der Waals surface area contributed by atoms with Gasteiger partial charge in [0, 0.05) is 18.5 Å². The second-order valence-corrected chi connectivity index (χ2v) is 7.01. The zero-order valence-electron chi connectivity index (χ0n) is 17.1. The van der Waals surface area contributed by atoms with Crippen LogP contribution in [-0.4, -0.2) is 45.2 Å². The van der Waals surface area contributed by atoms with Crippen LogP contribution in [0.3, 0.4) is 0 Å².